The van der Waals surface area contributed by atoms with Gasteiger partial charge in [0.25, 0.3) is 0 Å². The van der Waals surface area contributed by atoms with Crippen LogP contribution in [-0.2, 0) is 42.6 Å². The molecule has 0 unspecified atom stereocenters. The molecule has 0 saturated carbocycles. The second-order valence-corrected chi connectivity index (χ2v) is 3.04. The number of hydrogen-bond acceptors (Lipinski definition) is 11. The van der Waals surface area contributed by atoms with Crippen LogP contribution in [0.2, 0.25) is 0 Å². The summed E-state index contributed by atoms with van der Waals surface area (Å²) < 4.78 is 43.0. The van der Waals surface area contributed by atoms with E-state index in [1.54, 1.807) is 0 Å². The molecule has 21 heavy (non-hydrogen) atoms. The Bertz CT molecular complexity index is 164. The predicted octanol–water partition coefficient (Wildman–Crippen LogP) is -1.30. The van der Waals surface area contributed by atoms with Crippen LogP contribution in [0.25, 0.3) is 0 Å². The van der Waals surface area contributed by atoms with Gasteiger partial charge < -0.3 is 52.8 Å². The number of hydrogen-bond donors (Lipinski definition) is 2. The summed E-state index contributed by atoms with van der Waals surface area (Å²) in [5.74, 6) is 0. The molecule has 0 spiro atoms. The first-order chi connectivity index (χ1) is 10.4. The zero-order chi connectivity index (χ0) is 15.4. The van der Waals surface area contributed by atoms with Crippen LogP contribution < -0.4 is 0 Å². The fourth-order valence-corrected chi connectivity index (χ4v) is 0.784. The highest BCUT2D eigenvalue weighted by atomic mass is 16.8. The van der Waals surface area contributed by atoms with Crippen molar-refractivity contribution in [1.82, 2.24) is 0 Å². The largest absolute Gasteiger partial charge is 0.371 e. The molecule has 0 fully saturated rings. The van der Waals surface area contributed by atoms with Crippen molar-refractivity contribution < 1.29 is 52.8 Å². The molecule has 0 aromatic rings. The first-order valence-electron chi connectivity index (χ1n) is 5.83. The van der Waals surface area contributed by atoms with Crippen molar-refractivity contribution in [3.8, 4) is 0 Å². The van der Waals surface area contributed by atoms with Gasteiger partial charge in [-0.1, -0.05) is 0 Å². The van der Waals surface area contributed by atoms with E-state index in [0.717, 1.165) is 0 Å². The van der Waals surface area contributed by atoms with E-state index in [2.05, 4.69) is 9.47 Å². The fourth-order valence-electron chi connectivity index (χ4n) is 0.784. The molecule has 11 heteroatoms. The third kappa shape index (κ3) is 19.6. The lowest BCUT2D eigenvalue weighted by Gasteiger charge is -2.08. The van der Waals surface area contributed by atoms with Crippen molar-refractivity contribution in [2.75, 3.05) is 67.9 Å². The Hall–Kier alpha value is -0.440. The molecular weight excluding hydrogens is 296 g/mol. The van der Waals surface area contributed by atoms with Gasteiger partial charge in [0, 0.05) is 0 Å². The van der Waals surface area contributed by atoms with Crippen LogP contribution in [-0.4, -0.2) is 78.1 Å². The summed E-state index contributed by atoms with van der Waals surface area (Å²) in [6.45, 7) is -1.06. The Morgan fingerprint density at radius 3 is 0.714 bits per heavy atom. The average Bonchev–Trinajstić information content (AvgIpc) is 2.50. The summed E-state index contributed by atoms with van der Waals surface area (Å²) in [4.78, 5) is 0. The molecule has 0 aliphatic carbocycles. The lowest BCUT2D eigenvalue weighted by molar-refractivity contribution is -0.230. The van der Waals surface area contributed by atoms with Gasteiger partial charge >= 0.3 is 0 Å². The molecule has 0 radical (unpaired) electrons. The van der Waals surface area contributed by atoms with Gasteiger partial charge in [0.15, 0.2) is 54.3 Å². The minimum atomic E-state index is -0.406. The molecule has 0 saturated heterocycles. The van der Waals surface area contributed by atoms with Crippen molar-refractivity contribution in [3.05, 3.63) is 0 Å². The summed E-state index contributed by atoms with van der Waals surface area (Å²) in [5.41, 5.74) is 0. The Morgan fingerprint density at radius 2 is 0.524 bits per heavy atom. The third-order valence-electron chi connectivity index (χ3n) is 1.52. The zero-order valence-electron chi connectivity index (χ0n) is 11.6. The van der Waals surface area contributed by atoms with Gasteiger partial charge in [-0.15, -0.1) is 0 Å². The van der Waals surface area contributed by atoms with Crippen LogP contribution in [0, 0.1) is 0 Å². The van der Waals surface area contributed by atoms with Crippen LogP contribution in [0.1, 0.15) is 0 Å². The molecule has 0 aromatic carbocycles. The van der Waals surface area contributed by atoms with Gasteiger partial charge in [0.05, 0.1) is 0 Å². The predicted molar refractivity (Wildman–Crippen MR) is 62.9 cm³/mol. The van der Waals surface area contributed by atoms with Crippen LogP contribution in [0.3, 0.4) is 0 Å². The maximum absolute atomic E-state index is 8.27. The molecule has 0 heterocycles. The molecule has 0 atom stereocenters. The van der Waals surface area contributed by atoms with Gasteiger partial charge in [0.1, 0.15) is 13.6 Å². The van der Waals surface area contributed by atoms with Crippen molar-refractivity contribution in [3.63, 3.8) is 0 Å². The highest BCUT2D eigenvalue weighted by Gasteiger charge is 1.92. The molecule has 0 aliphatic heterocycles. The Kier molecular flexibility index (Phi) is 19.2. The van der Waals surface area contributed by atoms with E-state index in [1.807, 2.05) is 0 Å². The van der Waals surface area contributed by atoms with Crippen molar-refractivity contribution in [2.45, 2.75) is 0 Å². The maximum atomic E-state index is 8.27. The topological polar surface area (TPSA) is 124 Å². The quantitative estimate of drug-likeness (QED) is 0.231. The van der Waals surface area contributed by atoms with Crippen molar-refractivity contribution in [1.29, 1.82) is 0 Å². The Labute approximate surface area is 122 Å². The van der Waals surface area contributed by atoms with E-state index in [0.29, 0.717) is 0 Å². The monoisotopic (exact) mass is 318 g/mol. The Balaban J connectivity index is 2.90. The fraction of sp³-hybridized carbons (Fsp3) is 1.00. The maximum Gasteiger partial charge on any atom is 0.152 e. The molecule has 0 aromatic heterocycles. The van der Waals surface area contributed by atoms with Crippen LogP contribution in [0.15, 0.2) is 0 Å². The minimum absolute atomic E-state index is 0.0195. The van der Waals surface area contributed by atoms with Gasteiger partial charge in [-0.05, 0) is 0 Å². The molecular formula is C10H22O11. The van der Waals surface area contributed by atoms with Gasteiger partial charge in [0.2, 0.25) is 0 Å². The molecule has 0 amide bonds. The van der Waals surface area contributed by atoms with E-state index in [1.165, 1.54) is 0 Å². The molecule has 0 aliphatic rings. The van der Waals surface area contributed by atoms with E-state index in [9.17, 15) is 0 Å². The van der Waals surface area contributed by atoms with E-state index < -0.39 is 13.6 Å². The smallest absolute Gasteiger partial charge is 0.152 e. The van der Waals surface area contributed by atoms with E-state index >= 15 is 0 Å². The number of aliphatic hydroxyl groups is 2. The molecule has 128 valence electrons. The van der Waals surface area contributed by atoms with E-state index in [4.69, 9.17) is 43.4 Å². The van der Waals surface area contributed by atoms with E-state index in [-0.39, 0.29) is 54.3 Å². The first kappa shape index (κ1) is 20.6. The number of ether oxygens (including phenoxy) is 9. The average molecular weight is 318 g/mol. The summed E-state index contributed by atoms with van der Waals surface area (Å²) >= 11 is 0. The number of aliphatic hydroxyl groups excluding tert-OH is 2. The summed E-state index contributed by atoms with van der Waals surface area (Å²) in [6, 6.07) is 0. The summed E-state index contributed by atoms with van der Waals surface area (Å²) in [5, 5.41) is 16.5. The van der Waals surface area contributed by atoms with Crippen molar-refractivity contribution >= 4 is 0 Å². The summed E-state index contributed by atoms with van der Waals surface area (Å²) in [6.07, 6.45) is 0. The highest BCUT2D eigenvalue weighted by Crippen LogP contribution is 1.86. The van der Waals surface area contributed by atoms with Crippen LogP contribution >= 0.6 is 0 Å². The molecule has 0 bridgehead atoms. The normalized spacial score (nSPS) is 11.1. The minimum Gasteiger partial charge on any atom is -0.371 e. The van der Waals surface area contributed by atoms with Gasteiger partial charge in [-0.2, -0.15) is 0 Å². The van der Waals surface area contributed by atoms with Crippen molar-refractivity contribution in [2.24, 2.45) is 0 Å². The summed E-state index contributed by atoms with van der Waals surface area (Å²) in [7, 11) is 0. The lowest BCUT2D eigenvalue weighted by atomic mass is 11.2. The second-order valence-electron chi connectivity index (χ2n) is 3.04. The molecule has 11 nitrogen and oxygen atoms in total. The molecule has 0 rings (SSSR count). The standard InChI is InChI=1S/C10H22O11/c11-1-13-3-15-5-17-7-19-9-21-10-20-8-18-6-16-4-14-2-12/h11-12H,1-10H2. The van der Waals surface area contributed by atoms with Crippen LogP contribution in [0.4, 0.5) is 0 Å². The molecule has 2 N–H and O–H groups in total. The zero-order valence-corrected chi connectivity index (χ0v) is 11.6. The highest BCUT2D eigenvalue weighted by molar-refractivity contribution is 4.08. The van der Waals surface area contributed by atoms with Crippen LogP contribution in [0.5, 0.6) is 0 Å². The first-order valence-corrected chi connectivity index (χ1v) is 5.83. The number of rotatable bonds is 18. The Morgan fingerprint density at radius 1 is 0.333 bits per heavy atom. The van der Waals surface area contributed by atoms with Gasteiger partial charge in [-0.3, -0.25) is 0 Å². The third-order valence-corrected chi connectivity index (χ3v) is 1.52. The second kappa shape index (κ2) is 19.6. The van der Waals surface area contributed by atoms with Gasteiger partial charge in [-0.25, -0.2) is 0 Å². The lowest BCUT2D eigenvalue weighted by Crippen LogP contribution is -2.12. The SMILES string of the molecule is OCOCOCOCOCOCOCOCOCOCO.